The Morgan fingerprint density at radius 2 is 1.71 bits per heavy atom. The Bertz CT molecular complexity index is 265. The zero-order valence-corrected chi connectivity index (χ0v) is 14.9. The lowest BCUT2D eigenvalue weighted by Gasteiger charge is -2.40. The van der Waals surface area contributed by atoms with Crippen LogP contribution in [0.1, 0.15) is 72.6 Å². The van der Waals surface area contributed by atoms with Crippen LogP contribution in [0, 0.1) is 5.41 Å². The zero-order chi connectivity index (χ0) is 15.8. The summed E-state index contributed by atoms with van der Waals surface area (Å²) < 4.78 is 0. The van der Waals surface area contributed by atoms with Gasteiger partial charge < -0.3 is 15.3 Å². The van der Waals surface area contributed by atoms with Crippen LogP contribution >= 0.6 is 0 Å². The third kappa shape index (κ3) is 7.62. The summed E-state index contributed by atoms with van der Waals surface area (Å²) in [5.74, 6) is 0. The van der Waals surface area contributed by atoms with Gasteiger partial charge in [0, 0.05) is 31.8 Å². The topological polar surface area (TPSA) is 35.5 Å². The van der Waals surface area contributed by atoms with Crippen LogP contribution in [0.2, 0.25) is 0 Å². The normalized spacial score (nSPS) is 19.7. The van der Waals surface area contributed by atoms with Crippen molar-refractivity contribution < 1.29 is 5.11 Å². The molecule has 2 N–H and O–H groups in total. The summed E-state index contributed by atoms with van der Waals surface area (Å²) in [4.78, 5) is 2.55. The number of nitrogens with zero attached hydrogens (tertiary/aromatic N) is 1. The smallest absolute Gasteiger partial charge is 0.0443 e. The minimum atomic E-state index is 0.196. The SMILES string of the molecule is CCN(CCCO)CC1(CNC(C)(C)C)CCCCCC1. The fourth-order valence-corrected chi connectivity index (χ4v) is 3.44. The molecule has 0 aliphatic heterocycles. The summed E-state index contributed by atoms with van der Waals surface area (Å²) in [5.41, 5.74) is 0.622. The number of aliphatic hydroxyl groups is 1. The minimum absolute atomic E-state index is 0.196. The fraction of sp³-hybridized carbons (Fsp3) is 1.00. The van der Waals surface area contributed by atoms with Gasteiger partial charge in [-0.2, -0.15) is 0 Å². The molecule has 0 amide bonds. The first kappa shape index (κ1) is 18.9. The van der Waals surface area contributed by atoms with Gasteiger partial charge in [0.1, 0.15) is 0 Å². The van der Waals surface area contributed by atoms with Crippen LogP contribution in [0.3, 0.4) is 0 Å². The van der Waals surface area contributed by atoms with E-state index in [4.69, 9.17) is 5.11 Å². The molecular weight excluding hydrogens is 260 g/mol. The van der Waals surface area contributed by atoms with E-state index >= 15 is 0 Å². The molecule has 21 heavy (non-hydrogen) atoms. The number of hydrogen-bond donors (Lipinski definition) is 2. The molecule has 3 heteroatoms. The maximum absolute atomic E-state index is 9.10. The molecule has 0 heterocycles. The Balaban J connectivity index is 2.69. The molecule has 1 fully saturated rings. The number of hydrogen-bond acceptors (Lipinski definition) is 3. The Kier molecular flexibility index (Phi) is 8.22. The van der Waals surface area contributed by atoms with Gasteiger partial charge in [-0.1, -0.05) is 32.6 Å². The van der Waals surface area contributed by atoms with E-state index in [9.17, 15) is 0 Å². The van der Waals surface area contributed by atoms with Gasteiger partial charge in [0.15, 0.2) is 0 Å². The maximum Gasteiger partial charge on any atom is 0.0443 e. The standard InChI is InChI=1S/C18H38N2O/c1-5-20(13-10-14-21)16-18(15-19-17(2,3)4)11-8-6-7-9-12-18/h19,21H,5-16H2,1-4H3. The number of nitrogens with one attached hydrogen (secondary N) is 1. The van der Waals surface area contributed by atoms with Gasteiger partial charge >= 0.3 is 0 Å². The largest absolute Gasteiger partial charge is 0.396 e. The van der Waals surface area contributed by atoms with E-state index < -0.39 is 0 Å². The van der Waals surface area contributed by atoms with Crippen molar-refractivity contribution in [2.75, 3.05) is 32.8 Å². The van der Waals surface area contributed by atoms with Crippen molar-refractivity contribution in [1.82, 2.24) is 10.2 Å². The van der Waals surface area contributed by atoms with E-state index in [0.717, 1.165) is 26.1 Å². The first-order chi connectivity index (χ1) is 9.91. The predicted octanol–water partition coefficient (Wildman–Crippen LogP) is 3.42. The van der Waals surface area contributed by atoms with Crippen LogP contribution in [0.4, 0.5) is 0 Å². The molecule has 1 aliphatic carbocycles. The van der Waals surface area contributed by atoms with Crippen molar-refractivity contribution >= 4 is 0 Å². The molecule has 0 radical (unpaired) electrons. The van der Waals surface area contributed by atoms with E-state index in [1.54, 1.807) is 0 Å². The van der Waals surface area contributed by atoms with Crippen LogP contribution in [0.5, 0.6) is 0 Å². The molecule has 0 aromatic heterocycles. The molecule has 3 nitrogen and oxygen atoms in total. The molecule has 1 saturated carbocycles. The lowest BCUT2D eigenvalue weighted by molar-refractivity contribution is 0.116. The molecular formula is C18H38N2O. The second kappa shape index (κ2) is 9.12. The van der Waals surface area contributed by atoms with Crippen molar-refractivity contribution in [3.8, 4) is 0 Å². The van der Waals surface area contributed by atoms with Crippen molar-refractivity contribution in [3.63, 3.8) is 0 Å². The van der Waals surface area contributed by atoms with Crippen molar-refractivity contribution in [2.24, 2.45) is 5.41 Å². The lowest BCUT2D eigenvalue weighted by atomic mass is 9.79. The molecule has 0 unspecified atom stereocenters. The van der Waals surface area contributed by atoms with Gasteiger partial charge in [-0.15, -0.1) is 0 Å². The Morgan fingerprint density at radius 1 is 1.10 bits per heavy atom. The van der Waals surface area contributed by atoms with Gasteiger partial charge in [-0.05, 0) is 52.0 Å². The highest BCUT2D eigenvalue weighted by molar-refractivity contribution is 4.89. The van der Waals surface area contributed by atoms with Gasteiger partial charge in [-0.25, -0.2) is 0 Å². The first-order valence-corrected chi connectivity index (χ1v) is 8.99. The van der Waals surface area contributed by atoms with Crippen molar-refractivity contribution in [1.29, 1.82) is 0 Å². The number of aliphatic hydroxyl groups excluding tert-OH is 1. The molecule has 0 aromatic carbocycles. The second-order valence-corrected chi connectivity index (χ2v) is 7.96. The highest BCUT2D eigenvalue weighted by Crippen LogP contribution is 2.36. The van der Waals surface area contributed by atoms with Gasteiger partial charge in [0.2, 0.25) is 0 Å². The molecule has 0 bridgehead atoms. The van der Waals surface area contributed by atoms with Crippen molar-refractivity contribution in [2.45, 2.75) is 78.2 Å². The molecule has 0 aromatic rings. The van der Waals surface area contributed by atoms with E-state index in [1.165, 1.54) is 45.1 Å². The quantitative estimate of drug-likeness (QED) is 0.674. The average Bonchev–Trinajstić information content (AvgIpc) is 2.67. The van der Waals surface area contributed by atoms with E-state index in [1.807, 2.05) is 0 Å². The average molecular weight is 299 g/mol. The van der Waals surface area contributed by atoms with E-state index in [2.05, 4.69) is 37.9 Å². The molecule has 0 atom stereocenters. The van der Waals surface area contributed by atoms with E-state index in [0.29, 0.717) is 12.0 Å². The number of rotatable bonds is 8. The molecule has 0 spiro atoms. The second-order valence-electron chi connectivity index (χ2n) is 7.96. The van der Waals surface area contributed by atoms with Gasteiger partial charge in [-0.3, -0.25) is 0 Å². The lowest BCUT2D eigenvalue weighted by Crippen LogP contribution is -2.49. The third-order valence-electron chi connectivity index (χ3n) is 4.80. The summed E-state index contributed by atoms with van der Waals surface area (Å²) in [7, 11) is 0. The highest BCUT2D eigenvalue weighted by atomic mass is 16.3. The predicted molar refractivity (Wildman–Crippen MR) is 91.7 cm³/mol. The van der Waals surface area contributed by atoms with Crippen LogP contribution in [-0.4, -0.2) is 48.3 Å². The fourth-order valence-electron chi connectivity index (χ4n) is 3.44. The van der Waals surface area contributed by atoms with Crippen molar-refractivity contribution in [3.05, 3.63) is 0 Å². The Labute approximate surface area is 132 Å². The summed E-state index contributed by atoms with van der Waals surface area (Å²) in [5, 5.41) is 12.9. The maximum atomic E-state index is 9.10. The molecule has 126 valence electrons. The summed E-state index contributed by atoms with van der Waals surface area (Å²) in [6, 6.07) is 0. The monoisotopic (exact) mass is 298 g/mol. The van der Waals surface area contributed by atoms with Crippen LogP contribution in [0.25, 0.3) is 0 Å². The van der Waals surface area contributed by atoms with E-state index in [-0.39, 0.29) is 5.54 Å². The molecule has 1 aliphatic rings. The van der Waals surface area contributed by atoms with Gasteiger partial charge in [0.25, 0.3) is 0 Å². The highest BCUT2D eigenvalue weighted by Gasteiger charge is 2.33. The molecule has 1 rings (SSSR count). The first-order valence-electron chi connectivity index (χ1n) is 8.99. The Morgan fingerprint density at radius 3 is 2.19 bits per heavy atom. The zero-order valence-electron chi connectivity index (χ0n) is 14.9. The summed E-state index contributed by atoms with van der Waals surface area (Å²) >= 11 is 0. The van der Waals surface area contributed by atoms with Crippen LogP contribution in [0.15, 0.2) is 0 Å². The third-order valence-corrected chi connectivity index (χ3v) is 4.80. The Hall–Kier alpha value is -0.120. The van der Waals surface area contributed by atoms with Gasteiger partial charge in [0.05, 0.1) is 0 Å². The summed E-state index contributed by atoms with van der Waals surface area (Å²) in [6.07, 6.45) is 9.17. The van der Waals surface area contributed by atoms with Crippen LogP contribution < -0.4 is 5.32 Å². The molecule has 0 saturated heterocycles. The summed E-state index contributed by atoms with van der Waals surface area (Å²) in [6.45, 7) is 13.8. The minimum Gasteiger partial charge on any atom is -0.396 e. The van der Waals surface area contributed by atoms with Crippen LogP contribution in [-0.2, 0) is 0 Å².